The van der Waals surface area contributed by atoms with Crippen LogP contribution in [0.15, 0.2) is 48.5 Å². The minimum absolute atomic E-state index is 0.0757. The molecule has 0 N–H and O–H groups in total. The summed E-state index contributed by atoms with van der Waals surface area (Å²) in [4.78, 5) is 28.9. The van der Waals surface area contributed by atoms with Gasteiger partial charge in [-0.3, -0.25) is 9.59 Å². The van der Waals surface area contributed by atoms with Crippen LogP contribution < -0.4 is 0 Å². The van der Waals surface area contributed by atoms with Gasteiger partial charge in [0.05, 0.1) is 11.6 Å². The van der Waals surface area contributed by atoms with Crippen LogP contribution in [0.4, 0.5) is 0 Å². The Morgan fingerprint density at radius 2 is 1.46 bits per heavy atom. The van der Waals surface area contributed by atoms with Gasteiger partial charge in [0.15, 0.2) is 0 Å². The highest BCUT2D eigenvalue weighted by atomic mass is 35.5. The molecule has 1 aliphatic heterocycles. The molecule has 1 fully saturated rings. The van der Waals surface area contributed by atoms with Gasteiger partial charge in [-0.2, -0.15) is 5.26 Å². The van der Waals surface area contributed by atoms with E-state index in [9.17, 15) is 9.59 Å². The largest absolute Gasteiger partial charge is 0.337 e. The third-order valence-electron chi connectivity index (χ3n) is 4.38. The van der Waals surface area contributed by atoms with Crippen molar-refractivity contribution in [2.75, 3.05) is 26.2 Å². The number of benzene rings is 2. The minimum Gasteiger partial charge on any atom is -0.337 e. The molecule has 3 rings (SSSR count). The topological polar surface area (TPSA) is 64.4 Å². The lowest BCUT2D eigenvalue weighted by molar-refractivity contribution is 0.0719. The number of carbonyl (C=O) groups excluding carboxylic acids is 2. The highest BCUT2D eigenvalue weighted by Crippen LogP contribution is 2.15. The molecule has 0 atom stereocenters. The summed E-state index contributed by atoms with van der Waals surface area (Å²) in [5, 5.41) is 9.52. The first kappa shape index (κ1) is 18.0. The van der Waals surface area contributed by atoms with E-state index in [-0.39, 0.29) is 11.8 Å². The van der Waals surface area contributed by atoms with Crippen molar-refractivity contribution in [2.24, 2.45) is 0 Å². The Labute approximate surface area is 157 Å². The summed E-state index contributed by atoms with van der Waals surface area (Å²) >= 11 is 5.97. The Kier molecular flexibility index (Phi) is 5.55. The second-order valence-corrected chi connectivity index (χ2v) is 6.58. The lowest BCUT2D eigenvalue weighted by Gasteiger charge is -2.22. The van der Waals surface area contributed by atoms with Gasteiger partial charge in [-0.25, -0.2) is 0 Å². The second kappa shape index (κ2) is 8.03. The van der Waals surface area contributed by atoms with Gasteiger partial charge in [-0.15, -0.1) is 0 Å². The van der Waals surface area contributed by atoms with E-state index < -0.39 is 0 Å². The Morgan fingerprint density at radius 3 is 2.04 bits per heavy atom. The Balaban J connectivity index is 1.69. The maximum atomic E-state index is 12.7. The van der Waals surface area contributed by atoms with Crippen LogP contribution in [0.2, 0.25) is 5.02 Å². The van der Waals surface area contributed by atoms with Crippen molar-refractivity contribution in [2.45, 2.75) is 6.42 Å². The number of amides is 2. The third-order valence-corrected chi connectivity index (χ3v) is 4.62. The van der Waals surface area contributed by atoms with Crippen LogP contribution in [0.5, 0.6) is 0 Å². The zero-order valence-electron chi connectivity index (χ0n) is 14.2. The maximum absolute atomic E-state index is 12.7. The maximum Gasteiger partial charge on any atom is 0.253 e. The summed E-state index contributed by atoms with van der Waals surface area (Å²) in [6.45, 7) is 2.10. The fraction of sp³-hybridized carbons (Fsp3) is 0.250. The van der Waals surface area contributed by atoms with Gasteiger partial charge >= 0.3 is 0 Å². The standard InChI is InChI=1S/C20H18ClN3O2/c21-18-7-2-6-17(13-18)20(26)24-9-3-8-23(10-11-24)19(25)16-5-1-4-15(12-16)14-22/h1-2,4-7,12-13H,3,8-11H2. The molecule has 0 radical (unpaired) electrons. The highest BCUT2D eigenvalue weighted by molar-refractivity contribution is 6.30. The quantitative estimate of drug-likeness (QED) is 0.818. The summed E-state index contributed by atoms with van der Waals surface area (Å²) in [5.74, 6) is -0.188. The van der Waals surface area contributed by atoms with Crippen LogP contribution in [-0.4, -0.2) is 47.8 Å². The molecule has 0 aromatic heterocycles. The van der Waals surface area contributed by atoms with E-state index in [1.165, 1.54) is 0 Å². The number of halogens is 1. The molecule has 132 valence electrons. The summed E-state index contributed by atoms with van der Waals surface area (Å²) < 4.78 is 0. The monoisotopic (exact) mass is 367 g/mol. The molecule has 2 aromatic rings. The lowest BCUT2D eigenvalue weighted by Crippen LogP contribution is -2.37. The van der Waals surface area contributed by atoms with Crippen molar-refractivity contribution in [3.63, 3.8) is 0 Å². The van der Waals surface area contributed by atoms with Crippen molar-refractivity contribution in [3.8, 4) is 6.07 Å². The van der Waals surface area contributed by atoms with Crippen LogP contribution in [0.3, 0.4) is 0 Å². The summed E-state index contributed by atoms with van der Waals surface area (Å²) in [5.41, 5.74) is 1.51. The number of hydrogen-bond acceptors (Lipinski definition) is 3. The van der Waals surface area contributed by atoms with E-state index >= 15 is 0 Å². The molecule has 6 heteroatoms. The van der Waals surface area contributed by atoms with E-state index in [0.29, 0.717) is 54.3 Å². The normalized spacial score (nSPS) is 14.5. The number of nitriles is 1. The molecule has 0 spiro atoms. The van der Waals surface area contributed by atoms with E-state index in [1.807, 2.05) is 6.07 Å². The fourth-order valence-electron chi connectivity index (χ4n) is 3.03. The molecule has 0 bridgehead atoms. The molecule has 5 nitrogen and oxygen atoms in total. The Bertz CT molecular complexity index is 875. The van der Waals surface area contributed by atoms with Gasteiger partial charge in [0.1, 0.15) is 0 Å². The predicted molar refractivity (Wildman–Crippen MR) is 99.0 cm³/mol. The first-order valence-electron chi connectivity index (χ1n) is 8.43. The first-order chi connectivity index (χ1) is 12.6. The predicted octanol–water partition coefficient (Wildman–Crippen LogP) is 3.20. The molecule has 1 heterocycles. The number of carbonyl (C=O) groups is 2. The zero-order chi connectivity index (χ0) is 18.5. The molecular formula is C20H18ClN3O2. The molecular weight excluding hydrogens is 350 g/mol. The smallest absolute Gasteiger partial charge is 0.253 e. The average Bonchev–Trinajstić information content (AvgIpc) is 2.93. The summed E-state index contributed by atoms with van der Waals surface area (Å²) in [6.07, 6.45) is 0.704. The summed E-state index contributed by atoms with van der Waals surface area (Å²) in [6, 6.07) is 15.6. The van der Waals surface area contributed by atoms with Crippen molar-refractivity contribution in [1.29, 1.82) is 5.26 Å². The molecule has 26 heavy (non-hydrogen) atoms. The Morgan fingerprint density at radius 1 is 0.885 bits per heavy atom. The van der Waals surface area contributed by atoms with Gasteiger partial charge in [-0.1, -0.05) is 23.7 Å². The molecule has 0 unspecified atom stereocenters. The number of hydrogen-bond donors (Lipinski definition) is 0. The van der Waals surface area contributed by atoms with E-state index in [4.69, 9.17) is 16.9 Å². The van der Waals surface area contributed by atoms with Crippen molar-refractivity contribution in [1.82, 2.24) is 9.80 Å². The van der Waals surface area contributed by atoms with Crippen LogP contribution >= 0.6 is 11.6 Å². The van der Waals surface area contributed by atoms with Crippen LogP contribution in [0.1, 0.15) is 32.7 Å². The third kappa shape index (κ3) is 4.04. The zero-order valence-corrected chi connectivity index (χ0v) is 14.9. The molecule has 1 saturated heterocycles. The van der Waals surface area contributed by atoms with Gasteiger partial charge in [0.25, 0.3) is 11.8 Å². The SMILES string of the molecule is N#Cc1cccc(C(=O)N2CCCN(C(=O)c3cccc(Cl)c3)CC2)c1. The second-order valence-electron chi connectivity index (χ2n) is 6.14. The number of rotatable bonds is 2. The Hall–Kier alpha value is -2.84. The van der Waals surface area contributed by atoms with E-state index in [1.54, 1.807) is 58.3 Å². The van der Waals surface area contributed by atoms with Crippen LogP contribution in [0.25, 0.3) is 0 Å². The van der Waals surface area contributed by atoms with Gasteiger partial charge < -0.3 is 9.80 Å². The molecule has 2 aromatic carbocycles. The molecule has 2 amide bonds. The van der Waals surface area contributed by atoms with Gasteiger partial charge in [0, 0.05) is 42.3 Å². The minimum atomic E-state index is -0.112. The van der Waals surface area contributed by atoms with Crippen molar-refractivity contribution >= 4 is 23.4 Å². The first-order valence-corrected chi connectivity index (χ1v) is 8.80. The van der Waals surface area contributed by atoms with E-state index in [2.05, 4.69) is 0 Å². The average molecular weight is 368 g/mol. The molecule has 0 saturated carbocycles. The van der Waals surface area contributed by atoms with Gasteiger partial charge in [-0.05, 0) is 42.8 Å². The molecule has 1 aliphatic rings. The van der Waals surface area contributed by atoms with Crippen molar-refractivity contribution in [3.05, 3.63) is 70.2 Å². The van der Waals surface area contributed by atoms with Crippen molar-refractivity contribution < 1.29 is 9.59 Å². The lowest BCUT2D eigenvalue weighted by atomic mass is 10.1. The van der Waals surface area contributed by atoms with Crippen LogP contribution in [-0.2, 0) is 0 Å². The van der Waals surface area contributed by atoms with E-state index in [0.717, 1.165) is 0 Å². The van der Waals surface area contributed by atoms with Gasteiger partial charge in [0.2, 0.25) is 0 Å². The molecule has 0 aliphatic carbocycles. The van der Waals surface area contributed by atoms with Crippen LogP contribution in [0, 0.1) is 11.3 Å². The summed E-state index contributed by atoms with van der Waals surface area (Å²) in [7, 11) is 0. The fourth-order valence-corrected chi connectivity index (χ4v) is 3.22. The number of nitrogens with zero attached hydrogens (tertiary/aromatic N) is 3. The highest BCUT2D eigenvalue weighted by Gasteiger charge is 2.23.